The minimum absolute atomic E-state index is 0.248. The lowest BCUT2D eigenvalue weighted by Crippen LogP contribution is -2.33. The molecule has 1 saturated heterocycles. The molecule has 132 valence electrons. The van der Waals surface area contributed by atoms with E-state index in [1.807, 2.05) is 0 Å². The molecule has 0 unspecified atom stereocenters. The van der Waals surface area contributed by atoms with Crippen LogP contribution in [-0.2, 0) is 4.79 Å². The molecule has 2 heterocycles. The van der Waals surface area contributed by atoms with E-state index in [0.29, 0.717) is 10.9 Å². The maximum absolute atomic E-state index is 13.1. The van der Waals surface area contributed by atoms with Crippen molar-refractivity contribution < 1.29 is 28.0 Å². The molecular formula is C15H12F3N3O4. The topological polar surface area (TPSA) is 96.6 Å². The van der Waals surface area contributed by atoms with Gasteiger partial charge in [-0.1, -0.05) is 18.2 Å². The lowest BCUT2D eigenvalue weighted by atomic mass is 9.96. The van der Waals surface area contributed by atoms with E-state index < -0.39 is 47.7 Å². The third-order valence-corrected chi connectivity index (χ3v) is 4.24. The van der Waals surface area contributed by atoms with Gasteiger partial charge >= 0.3 is 17.8 Å². The predicted molar refractivity (Wildman–Crippen MR) is 81.3 cm³/mol. The molecule has 25 heavy (non-hydrogen) atoms. The van der Waals surface area contributed by atoms with E-state index in [0.717, 1.165) is 4.90 Å². The second-order valence-electron chi connectivity index (χ2n) is 5.78. The molecule has 1 N–H and O–H groups in total. The zero-order valence-corrected chi connectivity index (χ0v) is 12.6. The predicted octanol–water partition coefficient (Wildman–Crippen LogP) is 2.84. The number of halogens is 3. The van der Waals surface area contributed by atoms with Gasteiger partial charge in [-0.3, -0.25) is 14.9 Å². The van der Waals surface area contributed by atoms with Crippen molar-refractivity contribution in [1.82, 2.24) is 4.98 Å². The van der Waals surface area contributed by atoms with Gasteiger partial charge in [0.05, 0.1) is 22.3 Å². The van der Waals surface area contributed by atoms with E-state index in [4.69, 9.17) is 5.11 Å². The Morgan fingerprint density at radius 3 is 2.56 bits per heavy atom. The number of alkyl halides is 3. The Bertz CT molecular complexity index is 856. The number of rotatable bonds is 3. The highest BCUT2D eigenvalue weighted by molar-refractivity contribution is 5.85. The molecule has 7 nitrogen and oxygen atoms in total. The molecule has 0 aliphatic carbocycles. The fourth-order valence-corrected chi connectivity index (χ4v) is 3.02. The average molecular weight is 355 g/mol. The first-order valence-electron chi connectivity index (χ1n) is 7.27. The van der Waals surface area contributed by atoms with Crippen molar-refractivity contribution in [3.63, 3.8) is 0 Å². The number of nitro groups is 1. The minimum atomic E-state index is -4.72. The van der Waals surface area contributed by atoms with E-state index in [2.05, 4.69) is 4.98 Å². The molecule has 2 aromatic rings. The number of hydrogen-bond acceptors (Lipinski definition) is 5. The lowest BCUT2D eigenvalue weighted by molar-refractivity contribution is -0.384. The Balaban J connectivity index is 2.08. The smallest absolute Gasteiger partial charge is 0.394 e. The Hall–Kier alpha value is -2.91. The van der Waals surface area contributed by atoms with Crippen LogP contribution in [0.5, 0.6) is 0 Å². The molecule has 0 spiro atoms. The Kier molecular flexibility index (Phi) is 3.97. The number of aromatic nitrogens is 1. The number of nitrogens with zero attached hydrogens (tertiary/aromatic N) is 3. The van der Waals surface area contributed by atoms with Crippen LogP contribution in [0.15, 0.2) is 30.3 Å². The first kappa shape index (κ1) is 16.9. The third kappa shape index (κ3) is 3.06. The molecule has 0 radical (unpaired) electrons. The monoisotopic (exact) mass is 355 g/mol. The zero-order valence-electron chi connectivity index (χ0n) is 12.6. The Morgan fingerprint density at radius 2 is 2.00 bits per heavy atom. The Labute approximate surface area is 138 Å². The number of benzene rings is 1. The van der Waals surface area contributed by atoms with E-state index in [1.165, 1.54) is 6.07 Å². The maximum Gasteiger partial charge on any atom is 0.394 e. The van der Waals surface area contributed by atoms with Gasteiger partial charge in [0.2, 0.25) is 5.82 Å². The molecule has 1 aliphatic rings. The van der Waals surface area contributed by atoms with Gasteiger partial charge in [0.1, 0.15) is 0 Å². The summed E-state index contributed by atoms with van der Waals surface area (Å²) in [5.41, 5.74) is -0.0731. The van der Waals surface area contributed by atoms with Gasteiger partial charge in [0.25, 0.3) is 0 Å². The normalized spacial score (nSPS) is 20.8. The van der Waals surface area contributed by atoms with E-state index in [1.54, 1.807) is 24.3 Å². The molecule has 1 aromatic heterocycles. The zero-order chi connectivity index (χ0) is 18.4. The molecule has 1 aliphatic heterocycles. The van der Waals surface area contributed by atoms with Crippen molar-refractivity contribution >= 4 is 28.4 Å². The van der Waals surface area contributed by atoms with Crippen molar-refractivity contribution in [2.75, 3.05) is 18.0 Å². The summed E-state index contributed by atoms with van der Waals surface area (Å²) in [5.74, 6) is -5.65. The second-order valence-corrected chi connectivity index (χ2v) is 5.78. The van der Waals surface area contributed by atoms with Crippen LogP contribution < -0.4 is 4.90 Å². The van der Waals surface area contributed by atoms with Crippen molar-refractivity contribution in [3.05, 3.63) is 40.4 Å². The maximum atomic E-state index is 13.1. The van der Waals surface area contributed by atoms with Crippen LogP contribution in [0.3, 0.4) is 0 Å². The fourth-order valence-electron chi connectivity index (χ4n) is 3.02. The van der Waals surface area contributed by atoms with Gasteiger partial charge in [-0.15, -0.1) is 0 Å². The van der Waals surface area contributed by atoms with Crippen molar-refractivity contribution in [1.29, 1.82) is 0 Å². The van der Waals surface area contributed by atoms with Gasteiger partial charge in [0, 0.05) is 24.5 Å². The molecule has 1 aromatic carbocycles. The summed E-state index contributed by atoms with van der Waals surface area (Å²) in [6.45, 7) is -1.18. The fraction of sp³-hybridized carbons (Fsp3) is 0.333. The summed E-state index contributed by atoms with van der Waals surface area (Å²) < 4.78 is 39.4. The number of aliphatic carboxylic acids is 1. The van der Waals surface area contributed by atoms with Crippen LogP contribution in [-0.4, -0.2) is 40.2 Å². The average Bonchev–Trinajstić information content (AvgIpc) is 2.99. The number of carbonyl (C=O) groups is 1. The molecule has 0 amide bonds. The van der Waals surface area contributed by atoms with Crippen LogP contribution in [0.2, 0.25) is 0 Å². The summed E-state index contributed by atoms with van der Waals surface area (Å²) in [6.07, 6.45) is -4.72. The van der Waals surface area contributed by atoms with Crippen molar-refractivity contribution in [2.45, 2.75) is 6.18 Å². The summed E-state index contributed by atoms with van der Waals surface area (Å²) in [7, 11) is 0. The summed E-state index contributed by atoms with van der Waals surface area (Å²) in [6, 6.07) is 7.71. The molecule has 10 heteroatoms. The molecule has 3 rings (SSSR count). The number of hydrogen-bond donors (Lipinski definition) is 1. The summed E-state index contributed by atoms with van der Waals surface area (Å²) >= 11 is 0. The molecule has 1 fully saturated rings. The molecule has 0 saturated carbocycles. The number of carboxylic acids is 1. The van der Waals surface area contributed by atoms with Crippen LogP contribution in [0.4, 0.5) is 24.7 Å². The van der Waals surface area contributed by atoms with Crippen LogP contribution in [0, 0.1) is 22.0 Å². The molecule has 2 atom stereocenters. The second kappa shape index (κ2) is 5.87. The first-order chi connectivity index (χ1) is 11.7. The van der Waals surface area contributed by atoms with Crippen LogP contribution in [0.1, 0.15) is 0 Å². The molecular weight excluding hydrogens is 343 g/mol. The third-order valence-electron chi connectivity index (χ3n) is 4.24. The minimum Gasteiger partial charge on any atom is -0.481 e. The standard InChI is InChI=1S/C15H12F3N3O4/c16-15(17,18)10-7-20(6-9(10)14(22)23)13-12(21(24)25)5-8-3-1-2-4-11(8)19-13/h1-5,9-10H,6-7H2,(H,22,23)/t9-,10-/m1/s1. The molecule has 0 bridgehead atoms. The van der Waals surface area contributed by atoms with Gasteiger partial charge in [-0.25, -0.2) is 4.98 Å². The van der Waals surface area contributed by atoms with Crippen molar-refractivity contribution in [2.24, 2.45) is 11.8 Å². The van der Waals surface area contributed by atoms with Crippen LogP contribution >= 0.6 is 0 Å². The Morgan fingerprint density at radius 1 is 1.32 bits per heavy atom. The number of pyridine rings is 1. The summed E-state index contributed by atoms with van der Waals surface area (Å²) in [4.78, 5) is 26.9. The van der Waals surface area contributed by atoms with Gasteiger partial charge in [-0.05, 0) is 6.07 Å². The largest absolute Gasteiger partial charge is 0.481 e. The lowest BCUT2D eigenvalue weighted by Gasteiger charge is -2.19. The first-order valence-corrected chi connectivity index (χ1v) is 7.27. The van der Waals surface area contributed by atoms with Crippen LogP contribution in [0.25, 0.3) is 10.9 Å². The summed E-state index contributed by atoms with van der Waals surface area (Å²) in [5, 5.41) is 20.9. The van der Waals surface area contributed by atoms with E-state index in [9.17, 15) is 28.1 Å². The highest BCUT2D eigenvalue weighted by Gasteiger charge is 2.53. The highest BCUT2D eigenvalue weighted by atomic mass is 19.4. The quantitative estimate of drug-likeness (QED) is 0.672. The number of fused-ring (bicyclic) bond motifs is 1. The van der Waals surface area contributed by atoms with E-state index in [-0.39, 0.29) is 5.82 Å². The van der Waals surface area contributed by atoms with Gasteiger partial charge in [-0.2, -0.15) is 13.2 Å². The van der Waals surface area contributed by atoms with E-state index >= 15 is 0 Å². The van der Waals surface area contributed by atoms with Gasteiger partial charge < -0.3 is 10.0 Å². The highest BCUT2D eigenvalue weighted by Crippen LogP contribution is 2.41. The number of carboxylic acid groups (broad SMARTS) is 1. The van der Waals surface area contributed by atoms with Gasteiger partial charge in [0.15, 0.2) is 0 Å². The number of anilines is 1. The SMILES string of the molecule is O=C(O)[C@@H]1CN(c2nc3ccccc3cc2[N+](=O)[O-])C[C@H]1C(F)(F)F. The number of para-hydroxylation sites is 1. The van der Waals surface area contributed by atoms with Crippen molar-refractivity contribution in [3.8, 4) is 0 Å².